The lowest BCUT2D eigenvalue weighted by Crippen LogP contribution is -2.13. The second-order valence-electron chi connectivity index (χ2n) is 4.25. The van der Waals surface area contributed by atoms with Crippen LogP contribution in [0.3, 0.4) is 0 Å². The van der Waals surface area contributed by atoms with Gasteiger partial charge in [0.05, 0.1) is 12.2 Å². The Morgan fingerprint density at radius 1 is 1.12 bits per heavy atom. The molecule has 1 aromatic carbocycles. The topological polar surface area (TPSA) is 29.5 Å². The second-order valence-corrected chi connectivity index (χ2v) is 4.25. The molecule has 0 fully saturated rings. The Bertz CT molecular complexity index is 286. The van der Waals surface area contributed by atoms with E-state index in [4.69, 9.17) is 4.74 Å². The monoisotopic (exact) mass is 222 g/mol. The highest BCUT2D eigenvalue weighted by molar-refractivity contribution is 5.27. The zero-order valence-corrected chi connectivity index (χ0v) is 10.4. The third-order valence-electron chi connectivity index (χ3n) is 2.67. The van der Waals surface area contributed by atoms with E-state index in [1.54, 1.807) is 6.92 Å². The maximum Gasteiger partial charge on any atom is 0.119 e. The van der Waals surface area contributed by atoms with E-state index < -0.39 is 0 Å². The molecule has 0 amide bonds. The van der Waals surface area contributed by atoms with E-state index in [-0.39, 0.29) is 6.10 Å². The van der Waals surface area contributed by atoms with E-state index in [1.165, 1.54) is 0 Å². The molecule has 16 heavy (non-hydrogen) atoms. The third-order valence-corrected chi connectivity index (χ3v) is 2.67. The first-order chi connectivity index (χ1) is 7.65. The van der Waals surface area contributed by atoms with Crippen LogP contribution in [0.25, 0.3) is 0 Å². The molecular weight excluding hydrogens is 200 g/mol. The van der Waals surface area contributed by atoms with Crippen LogP contribution in [-0.2, 0) is 6.42 Å². The number of ether oxygens (including phenoxy) is 1. The number of aliphatic hydroxyl groups is 1. The van der Waals surface area contributed by atoms with Crippen molar-refractivity contribution in [2.75, 3.05) is 0 Å². The largest absolute Gasteiger partial charge is 0.490 e. The van der Waals surface area contributed by atoms with Gasteiger partial charge in [-0.25, -0.2) is 0 Å². The molecule has 0 bridgehead atoms. The standard InChI is InChI=1S/C14H22O2/c1-4-13(5-2)16-14-8-6-12(7-9-14)10-11(3)15/h6-9,11,13,15H,4-5,10H2,1-3H3. The molecule has 0 aromatic heterocycles. The van der Waals surface area contributed by atoms with Crippen molar-refractivity contribution < 1.29 is 9.84 Å². The van der Waals surface area contributed by atoms with Gasteiger partial charge >= 0.3 is 0 Å². The van der Waals surface area contributed by atoms with E-state index in [9.17, 15) is 5.11 Å². The maximum absolute atomic E-state index is 9.27. The molecule has 0 aliphatic carbocycles. The summed E-state index contributed by atoms with van der Waals surface area (Å²) in [7, 11) is 0. The average molecular weight is 222 g/mol. The normalized spacial score (nSPS) is 12.8. The highest BCUT2D eigenvalue weighted by Gasteiger charge is 2.05. The van der Waals surface area contributed by atoms with Gasteiger partial charge in [0.15, 0.2) is 0 Å². The minimum Gasteiger partial charge on any atom is -0.490 e. The van der Waals surface area contributed by atoms with Crippen LogP contribution in [-0.4, -0.2) is 17.3 Å². The van der Waals surface area contributed by atoms with E-state index in [0.717, 1.165) is 24.2 Å². The summed E-state index contributed by atoms with van der Waals surface area (Å²) < 4.78 is 5.81. The van der Waals surface area contributed by atoms with Gasteiger partial charge in [0.2, 0.25) is 0 Å². The van der Waals surface area contributed by atoms with Gasteiger partial charge in [0.25, 0.3) is 0 Å². The second kappa shape index (κ2) is 6.54. The van der Waals surface area contributed by atoms with Crippen LogP contribution in [0.5, 0.6) is 5.75 Å². The van der Waals surface area contributed by atoms with Crippen LogP contribution in [0.1, 0.15) is 39.2 Å². The molecule has 0 saturated carbocycles. The first-order valence-electron chi connectivity index (χ1n) is 6.09. The van der Waals surface area contributed by atoms with Crippen molar-refractivity contribution in [3.8, 4) is 5.75 Å². The summed E-state index contributed by atoms with van der Waals surface area (Å²) in [5.41, 5.74) is 1.15. The Morgan fingerprint density at radius 2 is 1.69 bits per heavy atom. The van der Waals surface area contributed by atoms with Crippen molar-refractivity contribution >= 4 is 0 Å². The first-order valence-corrected chi connectivity index (χ1v) is 6.09. The van der Waals surface area contributed by atoms with E-state index >= 15 is 0 Å². The van der Waals surface area contributed by atoms with Gasteiger partial charge in [0, 0.05) is 0 Å². The third kappa shape index (κ3) is 4.23. The predicted octanol–water partition coefficient (Wildman–Crippen LogP) is 3.18. The summed E-state index contributed by atoms with van der Waals surface area (Å²) >= 11 is 0. The lowest BCUT2D eigenvalue weighted by molar-refractivity contribution is 0.191. The Morgan fingerprint density at radius 3 is 2.12 bits per heavy atom. The van der Waals surface area contributed by atoms with Gasteiger partial charge in [-0.15, -0.1) is 0 Å². The van der Waals surface area contributed by atoms with E-state index in [0.29, 0.717) is 12.5 Å². The summed E-state index contributed by atoms with van der Waals surface area (Å²) in [5.74, 6) is 0.919. The highest BCUT2D eigenvalue weighted by Crippen LogP contribution is 2.17. The zero-order chi connectivity index (χ0) is 12.0. The Labute approximate surface area is 98.3 Å². The summed E-state index contributed by atoms with van der Waals surface area (Å²) in [6, 6.07) is 8.00. The molecular formula is C14H22O2. The van der Waals surface area contributed by atoms with Gasteiger partial charge in [-0.1, -0.05) is 26.0 Å². The number of hydrogen-bond donors (Lipinski definition) is 1. The maximum atomic E-state index is 9.27. The molecule has 1 unspecified atom stereocenters. The molecule has 0 aliphatic rings. The molecule has 0 spiro atoms. The molecule has 0 heterocycles. The van der Waals surface area contributed by atoms with Crippen molar-refractivity contribution in [2.24, 2.45) is 0 Å². The molecule has 0 aliphatic heterocycles. The van der Waals surface area contributed by atoms with Crippen molar-refractivity contribution in [2.45, 2.75) is 52.2 Å². The SMILES string of the molecule is CCC(CC)Oc1ccc(CC(C)O)cc1. The average Bonchev–Trinajstić information content (AvgIpc) is 2.27. The molecule has 1 atom stereocenters. The molecule has 90 valence electrons. The lowest BCUT2D eigenvalue weighted by Gasteiger charge is -2.15. The quantitative estimate of drug-likeness (QED) is 0.801. The van der Waals surface area contributed by atoms with Crippen LogP contribution in [0, 0.1) is 0 Å². The summed E-state index contributed by atoms with van der Waals surface area (Å²) in [6.45, 7) is 6.07. The van der Waals surface area contributed by atoms with Crippen LogP contribution < -0.4 is 4.74 Å². The van der Waals surface area contributed by atoms with Gasteiger partial charge in [0.1, 0.15) is 5.75 Å². The first kappa shape index (κ1) is 13.0. The fourth-order valence-electron chi connectivity index (χ4n) is 1.69. The fraction of sp³-hybridized carbons (Fsp3) is 0.571. The predicted molar refractivity (Wildman–Crippen MR) is 66.8 cm³/mol. The van der Waals surface area contributed by atoms with E-state index in [2.05, 4.69) is 13.8 Å². The number of aliphatic hydroxyl groups excluding tert-OH is 1. The molecule has 0 saturated heterocycles. The number of benzene rings is 1. The van der Waals surface area contributed by atoms with Crippen molar-refractivity contribution in [3.63, 3.8) is 0 Å². The Balaban J connectivity index is 2.57. The molecule has 1 rings (SSSR count). The molecule has 2 nitrogen and oxygen atoms in total. The zero-order valence-electron chi connectivity index (χ0n) is 10.4. The smallest absolute Gasteiger partial charge is 0.119 e. The fourth-order valence-corrected chi connectivity index (χ4v) is 1.69. The minimum atomic E-state index is -0.286. The van der Waals surface area contributed by atoms with Crippen molar-refractivity contribution in [1.29, 1.82) is 0 Å². The number of hydrogen-bond acceptors (Lipinski definition) is 2. The Kier molecular flexibility index (Phi) is 5.33. The van der Waals surface area contributed by atoms with Crippen LogP contribution >= 0.6 is 0 Å². The molecule has 1 N–H and O–H groups in total. The van der Waals surface area contributed by atoms with Gasteiger partial charge in [-0.05, 0) is 43.9 Å². The summed E-state index contributed by atoms with van der Waals surface area (Å²) in [6.07, 6.45) is 2.79. The van der Waals surface area contributed by atoms with E-state index in [1.807, 2.05) is 24.3 Å². The van der Waals surface area contributed by atoms with Crippen LogP contribution in [0.2, 0.25) is 0 Å². The van der Waals surface area contributed by atoms with Crippen LogP contribution in [0.15, 0.2) is 24.3 Å². The highest BCUT2D eigenvalue weighted by atomic mass is 16.5. The summed E-state index contributed by atoms with van der Waals surface area (Å²) in [5, 5.41) is 9.27. The van der Waals surface area contributed by atoms with Crippen molar-refractivity contribution in [3.05, 3.63) is 29.8 Å². The summed E-state index contributed by atoms with van der Waals surface area (Å²) in [4.78, 5) is 0. The van der Waals surface area contributed by atoms with Gasteiger partial charge in [-0.2, -0.15) is 0 Å². The molecule has 0 radical (unpaired) electrons. The lowest BCUT2D eigenvalue weighted by atomic mass is 10.1. The molecule has 2 heteroatoms. The Hall–Kier alpha value is -1.02. The van der Waals surface area contributed by atoms with Gasteiger partial charge < -0.3 is 9.84 Å². The van der Waals surface area contributed by atoms with Crippen LogP contribution in [0.4, 0.5) is 0 Å². The van der Waals surface area contributed by atoms with Crippen molar-refractivity contribution in [1.82, 2.24) is 0 Å². The molecule has 1 aromatic rings. The minimum absolute atomic E-state index is 0.286. The van der Waals surface area contributed by atoms with Gasteiger partial charge in [-0.3, -0.25) is 0 Å². The number of rotatable bonds is 6.